The minimum Gasteiger partial charge on any atom is -0.410 e. The molecular formula is C10H11NO5. The molecule has 0 aliphatic heterocycles. The summed E-state index contributed by atoms with van der Waals surface area (Å²) < 4.78 is 4.75. The molecule has 0 saturated carbocycles. The molecule has 6 nitrogen and oxygen atoms in total. The molecule has 1 rings (SSSR count). The molecule has 0 saturated heterocycles. The maximum absolute atomic E-state index is 11.1. The lowest BCUT2D eigenvalue weighted by Crippen LogP contribution is -2.38. The van der Waals surface area contributed by atoms with Gasteiger partial charge in [0.1, 0.15) is 12.0 Å². The summed E-state index contributed by atoms with van der Waals surface area (Å²) in [5, 5.41) is 19.3. The van der Waals surface area contributed by atoms with Crippen LogP contribution in [0.5, 0.6) is 5.75 Å². The Morgan fingerprint density at radius 3 is 2.56 bits per heavy atom. The molecule has 1 aromatic rings. The molecule has 6 heteroatoms. The Morgan fingerprint density at radius 1 is 1.44 bits per heavy atom. The summed E-state index contributed by atoms with van der Waals surface area (Å²) in [7, 11) is 0. The zero-order chi connectivity index (χ0) is 12.0. The Kier molecular flexibility index (Phi) is 4.43. The van der Waals surface area contributed by atoms with Crippen LogP contribution in [0.4, 0.5) is 4.79 Å². The van der Waals surface area contributed by atoms with Crippen molar-refractivity contribution in [1.82, 2.24) is 5.32 Å². The largest absolute Gasteiger partial charge is 0.414 e. The summed E-state index contributed by atoms with van der Waals surface area (Å²) in [6.07, 6.45) is -1.58. The molecule has 16 heavy (non-hydrogen) atoms. The van der Waals surface area contributed by atoms with Crippen molar-refractivity contribution >= 4 is 12.4 Å². The fraction of sp³-hybridized carbons (Fsp3) is 0.200. The molecule has 0 fully saturated rings. The van der Waals surface area contributed by atoms with Crippen LogP contribution in [-0.2, 0) is 0 Å². The highest BCUT2D eigenvalue weighted by Crippen LogP contribution is 2.10. The minimum atomic E-state index is -1.36. The van der Waals surface area contributed by atoms with Gasteiger partial charge in [0, 0.05) is 5.56 Å². The van der Waals surface area contributed by atoms with Gasteiger partial charge in [-0.05, 0) is 24.3 Å². The third-order valence-electron chi connectivity index (χ3n) is 1.68. The first kappa shape index (κ1) is 12.2. The summed E-state index contributed by atoms with van der Waals surface area (Å²) >= 11 is 0. The number of aliphatic hydroxyl groups is 2. The quantitative estimate of drug-likeness (QED) is 0.491. The number of rotatable bonds is 4. The maximum Gasteiger partial charge on any atom is 0.414 e. The molecule has 0 spiro atoms. The van der Waals surface area contributed by atoms with Crippen LogP contribution in [0, 0.1) is 0 Å². The molecule has 0 heterocycles. The molecule has 0 aliphatic rings. The van der Waals surface area contributed by atoms with Crippen molar-refractivity contribution in [2.45, 2.75) is 6.23 Å². The number of carbonyl (C=O) groups is 2. The van der Waals surface area contributed by atoms with Gasteiger partial charge >= 0.3 is 6.09 Å². The standard InChI is InChI=1S/C10H11NO5/c12-5-7-1-3-8(4-2-7)16-10(15)11-9(14)6-13/h1-5,9,13-14H,6H2,(H,11,15). The van der Waals surface area contributed by atoms with Crippen molar-refractivity contribution in [3.8, 4) is 5.75 Å². The first-order chi connectivity index (χ1) is 7.65. The van der Waals surface area contributed by atoms with Gasteiger partial charge < -0.3 is 14.9 Å². The van der Waals surface area contributed by atoms with Crippen molar-refractivity contribution < 1.29 is 24.5 Å². The third kappa shape index (κ3) is 3.68. The number of benzene rings is 1. The van der Waals surface area contributed by atoms with E-state index < -0.39 is 18.9 Å². The van der Waals surface area contributed by atoms with Crippen LogP contribution in [0.25, 0.3) is 0 Å². The number of hydrogen-bond acceptors (Lipinski definition) is 5. The molecule has 0 aromatic heterocycles. The van der Waals surface area contributed by atoms with Crippen LogP contribution >= 0.6 is 0 Å². The number of nitrogens with one attached hydrogen (secondary N) is 1. The predicted octanol–water partition coefficient (Wildman–Crippen LogP) is -0.102. The highest BCUT2D eigenvalue weighted by molar-refractivity contribution is 5.75. The summed E-state index contributed by atoms with van der Waals surface area (Å²) in [5.74, 6) is 0.230. The van der Waals surface area contributed by atoms with E-state index in [1.807, 2.05) is 5.32 Å². The van der Waals surface area contributed by atoms with Crippen molar-refractivity contribution in [2.75, 3.05) is 6.61 Å². The number of aliphatic hydroxyl groups excluding tert-OH is 2. The second-order valence-electron chi connectivity index (χ2n) is 2.92. The maximum atomic E-state index is 11.1. The van der Waals surface area contributed by atoms with Gasteiger partial charge in [0.15, 0.2) is 6.23 Å². The molecule has 1 aromatic carbocycles. The predicted molar refractivity (Wildman–Crippen MR) is 54.1 cm³/mol. The molecule has 3 N–H and O–H groups in total. The van der Waals surface area contributed by atoms with Crippen molar-refractivity contribution in [1.29, 1.82) is 0 Å². The smallest absolute Gasteiger partial charge is 0.410 e. The summed E-state index contributed by atoms with van der Waals surface area (Å²) in [6, 6.07) is 5.85. The second kappa shape index (κ2) is 5.84. The van der Waals surface area contributed by atoms with E-state index in [2.05, 4.69) is 0 Å². The number of amides is 1. The lowest BCUT2D eigenvalue weighted by Gasteiger charge is -2.09. The Hall–Kier alpha value is -1.92. The van der Waals surface area contributed by atoms with E-state index in [1.165, 1.54) is 24.3 Å². The van der Waals surface area contributed by atoms with Crippen LogP contribution < -0.4 is 10.1 Å². The minimum absolute atomic E-state index is 0.230. The van der Waals surface area contributed by atoms with Gasteiger partial charge in [0.25, 0.3) is 0 Å². The second-order valence-corrected chi connectivity index (χ2v) is 2.92. The average Bonchev–Trinajstić information content (AvgIpc) is 2.29. The Labute approximate surface area is 91.5 Å². The van der Waals surface area contributed by atoms with Gasteiger partial charge in [-0.1, -0.05) is 0 Å². The monoisotopic (exact) mass is 225 g/mol. The first-order valence-corrected chi connectivity index (χ1v) is 4.48. The summed E-state index contributed by atoms with van der Waals surface area (Å²) in [6.45, 7) is -0.598. The van der Waals surface area contributed by atoms with Gasteiger partial charge in [0.05, 0.1) is 6.61 Å². The molecule has 0 aliphatic carbocycles. The number of hydrogen-bond donors (Lipinski definition) is 3. The SMILES string of the molecule is O=Cc1ccc(OC(=O)NC(O)CO)cc1. The van der Waals surface area contributed by atoms with Gasteiger partial charge in [-0.2, -0.15) is 0 Å². The number of carbonyl (C=O) groups excluding carboxylic acids is 2. The van der Waals surface area contributed by atoms with E-state index in [-0.39, 0.29) is 5.75 Å². The zero-order valence-electron chi connectivity index (χ0n) is 8.29. The summed E-state index contributed by atoms with van der Waals surface area (Å²) in [5.41, 5.74) is 0.461. The van der Waals surface area contributed by atoms with Crippen molar-refractivity contribution in [3.63, 3.8) is 0 Å². The fourth-order valence-electron chi connectivity index (χ4n) is 0.933. The van der Waals surface area contributed by atoms with Crippen LogP contribution in [0.2, 0.25) is 0 Å². The van der Waals surface area contributed by atoms with E-state index in [0.717, 1.165) is 0 Å². The van der Waals surface area contributed by atoms with E-state index in [9.17, 15) is 9.59 Å². The average molecular weight is 225 g/mol. The van der Waals surface area contributed by atoms with Gasteiger partial charge in [0.2, 0.25) is 0 Å². The van der Waals surface area contributed by atoms with Crippen LogP contribution in [-0.4, -0.2) is 35.4 Å². The Balaban J connectivity index is 2.52. The van der Waals surface area contributed by atoms with Gasteiger partial charge in [-0.3, -0.25) is 10.1 Å². The lowest BCUT2D eigenvalue weighted by molar-refractivity contribution is 0.0681. The highest BCUT2D eigenvalue weighted by Gasteiger charge is 2.09. The van der Waals surface area contributed by atoms with Crippen molar-refractivity contribution in [2.24, 2.45) is 0 Å². The molecule has 1 unspecified atom stereocenters. The van der Waals surface area contributed by atoms with E-state index in [4.69, 9.17) is 14.9 Å². The van der Waals surface area contributed by atoms with E-state index in [1.54, 1.807) is 0 Å². The van der Waals surface area contributed by atoms with Crippen molar-refractivity contribution in [3.05, 3.63) is 29.8 Å². The van der Waals surface area contributed by atoms with Crippen LogP contribution in [0.1, 0.15) is 10.4 Å². The normalized spacial score (nSPS) is 11.6. The molecular weight excluding hydrogens is 214 g/mol. The fourth-order valence-corrected chi connectivity index (χ4v) is 0.933. The topological polar surface area (TPSA) is 95.9 Å². The highest BCUT2D eigenvalue weighted by atomic mass is 16.6. The zero-order valence-corrected chi connectivity index (χ0v) is 8.29. The molecule has 0 radical (unpaired) electrons. The van der Waals surface area contributed by atoms with Gasteiger partial charge in [-0.15, -0.1) is 0 Å². The van der Waals surface area contributed by atoms with E-state index in [0.29, 0.717) is 11.8 Å². The van der Waals surface area contributed by atoms with E-state index >= 15 is 0 Å². The number of ether oxygens (including phenoxy) is 1. The first-order valence-electron chi connectivity index (χ1n) is 4.48. The summed E-state index contributed by atoms with van der Waals surface area (Å²) in [4.78, 5) is 21.4. The molecule has 1 atom stereocenters. The molecule has 0 bridgehead atoms. The van der Waals surface area contributed by atoms with Crippen LogP contribution in [0.15, 0.2) is 24.3 Å². The lowest BCUT2D eigenvalue weighted by atomic mass is 10.2. The molecule has 86 valence electrons. The third-order valence-corrected chi connectivity index (χ3v) is 1.68. The number of aldehydes is 1. The van der Waals surface area contributed by atoms with Gasteiger partial charge in [-0.25, -0.2) is 4.79 Å². The Morgan fingerprint density at radius 2 is 2.06 bits per heavy atom. The Bertz CT molecular complexity index is 362. The van der Waals surface area contributed by atoms with Crippen LogP contribution in [0.3, 0.4) is 0 Å². The molecule has 1 amide bonds.